The maximum Gasteiger partial charge on any atom is 0.147 e. The van der Waals surface area contributed by atoms with Crippen LogP contribution in [0, 0.1) is 11.8 Å². The van der Waals surface area contributed by atoms with Gasteiger partial charge in [0.15, 0.2) is 0 Å². The summed E-state index contributed by atoms with van der Waals surface area (Å²) in [4.78, 5) is 1.61. The van der Waals surface area contributed by atoms with Gasteiger partial charge in [-0.2, -0.15) is 0 Å². The molecule has 0 spiro atoms. The molecule has 1 saturated carbocycles. The Hall–Kier alpha value is -0.240. The van der Waals surface area contributed by atoms with Gasteiger partial charge in [-0.25, -0.2) is 0 Å². The second kappa shape index (κ2) is 6.94. The Labute approximate surface area is 139 Å². The highest BCUT2D eigenvalue weighted by Crippen LogP contribution is 2.41. The highest BCUT2D eigenvalue weighted by Gasteiger charge is 2.55. The standard InChI is InChI=1S/C17H31N3O3/c1-20-8-5-11-9-13-15(23-10-22-13)16(21-2)14(11)17(20)19-12-3-6-18-7-4-12/h11-19H,3-10H2,1-2H3/p+2/t11?,13?,14?,15?,16?,17-/m1/s1. The van der Waals surface area contributed by atoms with E-state index in [0.717, 1.165) is 6.42 Å². The zero-order chi connectivity index (χ0) is 15.8. The molecule has 3 saturated heterocycles. The van der Waals surface area contributed by atoms with Crippen LogP contribution in [0.25, 0.3) is 0 Å². The van der Waals surface area contributed by atoms with Gasteiger partial charge in [0.25, 0.3) is 0 Å². The van der Waals surface area contributed by atoms with Crippen LogP contribution in [0.1, 0.15) is 25.7 Å². The average molecular weight is 327 g/mol. The molecule has 4 fully saturated rings. The Morgan fingerprint density at radius 3 is 2.78 bits per heavy atom. The van der Waals surface area contributed by atoms with E-state index >= 15 is 0 Å². The van der Waals surface area contributed by atoms with E-state index < -0.39 is 0 Å². The number of piperidine rings is 2. The Bertz CT molecular complexity index is 405. The molecule has 4 rings (SSSR count). The first-order chi connectivity index (χ1) is 11.3. The summed E-state index contributed by atoms with van der Waals surface area (Å²) in [5.41, 5.74) is 0. The van der Waals surface area contributed by atoms with Gasteiger partial charge in [0.2, 0.25) is 0 Å². The van der Waals surface area contributed by atoms with Crippen molar-refractivity contribution >= 4 is 0 Å². The molecule has 0 amide bonds. The number of nitrogens with two attached hydrogens (primary N) is 1. The second-order valence-corrected chi connectivity index (χ2v) is 7.90. The second-order valence-electron chi connectivity index (χ2n) is 7.90. The van der Waals surface area contributed by atoms with Crippen molar-refractivity contribution in [2.45, 2.75) is 56.2 Å². The third-order valence-electron chi connectivity index (χ3n) is 6.64. The summed E-state index contributed by atoms with van der Waals surface area (Å²) in [5, 5.41) is 6.45. The molecule has 132 valence electrons. The van der Waals surface area contributed by atoms with Gasteiger partial charge in [0, 0.05) is 32.4 Å². The summed E-state index contributed by atoms with van der Waals surface area (Å²) < 4.78 is 17.7. The molecule has 6 heteroatoms. The third kappa shape index (κ3) is 3.05. The van der Waals surface area contributed by atoms with Crippen LogP contribution in [0.4, 0.5) is 0 Å². The largest absolute Gasteiger partial charge is 0.378 e. The topological polar surface area (TPSA) is 60.8 Å². The van der Waals surface area contributed by atoms with Crippen LogP contribution >= 0.6 is 0 Å². The van der Waals surface area contributed by atoms with Crippen LogP contribution in [-0.4, -0.2) is 71.1 Å². The lowest BCUT2D eigenvalue weighted by atomic mass is 9.69. The minimum atomic E-state index is 0.121. The summed E-state index contributed by atoms with van der Waals surface area (Å²) in [6.07, 6.45) is 5.98. The number of fused-ring (bicyclic) bond motifs is 2. The van der Waals surface area contributed by atoms with E-state index in [2.05, 4.69) is 17.7 Å². The Kier molecular flexibility index (Phi) is 4.90. The number of quaternary nitrogens is 2. The first-order valence-electron chi connectivity index (χ1n) is 9.44. The van der Waals surface area contributed by atoms with Crippen molar-refractivity contribution in [3.05, 3.63) is 0 Å². The number of rotatable bonds is 3. The molecule has 1 aliphatic carbocycles. The van der Waals surface area contributed by atoms with Gasteiger partial charge in [-0.15, -0.1) is 0 Å². The van der Waals surface area contributed by atoms with Crippen molar-refractivity contribution in [2.24, 2.45) is 11.8 Å². The Balaban J connectivity index is 1.53. The number of likely N-dealkylation sites (tertiary alicyclic amines) is 1. The van der Waals surface area contributed by atoms with E-state index in [1.165, 1.54) is 38.9 Å². The first-order valence-corrected chi connectivity index (χ1v) is 9.44. The average Bonchev–Trinajstić information content (AvgIpc) is 3.04. The molecule has 0 aromatic carbocycles. The fourth-order valence-electron chi connectivity index (χ4n) is 5.42. The Morgan fingerprint density at radius 1 is 1.17 bits per heavy atom. The van der Waals surface area contributed by atoms with Crippen molar-refractivity contribution in [3.8, 4) is 0 Å². The fourth-order valence-corrected chi connectivity index (χ4v) is 5.42. The number of hydrogen-bond acceptors (Lipinski definition) is 4. The van der Waals surface area contributed by atoms with Crippen molar-refractivity contribution < 1.29 is 24.4 Å². The lowest BCUT2D eigenvalue weighted by Gasteiger charge is -2.50. The summed E-state index contributed by atoms with van der Waals surface area (Å²) in [6.45, 7) is 4.19. The Morgan fingerprint density at radius 2 is 2.00 bits per heavy atom. The van der Waals surface area contributed by atoms with Crippen molar-refractivity contribution in [1.82, 2.24) is 5.32 Å². The van der Waals surface area contributed by atoms with Gasteiger partial charge in [-0.1, -0.05) is 0 Å². The van der Waals surface area contributed by atoms with Gasteiger partial charge >= 0.3 is 0 Å². The summed E-state index contributed by atoms with van der Waals surface area (Å²) in [6, 6.07) is 0.662. The van der Waals surface area contributed by atoms with Gasteiger partial charge in [0.05, 0.1) is 44.8 Å². The van der Waals surface area contributed by atoms with E-state index in [1.807, 2.05) is 7.11 Å². The normalized spacial score (nSPS) is 48.0. The number of methoxy groups -OCH3 is 1. The lowest BCUT2D eigenvalue weighted by Crippen LogP contribution is -3.18. The summed E-state index contributed by atoms with van der Waals surface area (Å²) in [7, 11) is 4.19. The molecule has 4 N–H and O–H groups in total. The predicted octanol–water partition coefficient (Wildman–Crippen LogP) is -2.06. The quantitative estimate of drug-likeness (QED) is 0.558. The fraction of sp³-hybridized carbons (Fsp3) is 1.00. The molecule has 3 heterocycles. The highest BCUT2D eigenvalue weighted by atomic mass is 16.7. The van der Waals surface area contributed by atoms with Crippen molar-refractivity contribution in [1.29, 1.82) is 0 Å². The minimum absolute atomic E-state index is 0.121. The molecule has 6 nitrogen and oxygen atoms in total. The van der Waals surface area contributed by atoms with Crippen LogP contribution in [-0.2, 0) is 14.2 Å². The first kappa shape index (κ1) is 16.2. The van der Waals surface area contributed by atoms with Gasteiger partial charge in [-0.05, 0) is 12.3 Å². The van der Waals surface area contributed by atoms with E-state index in [-0.39, 0.29) is 18.3 Å². The molecule has 3 aliphatic heterocycles. The summed E-state index contributed by atoms with van der Waals surface area (Å²) in [5.74, 6) is 1.22. The third-order valence-corrected chi connectivity index (χ3v) is 6.64. The monoisotopic (exact) mass is 327 g/mol. The highest BCUT2D eigenvalue weighted by molar-refractivity contribution is 4.99. The van der Waals surface area contributed by atoms with E-state index in [4.69, 9.17) is 14.2 Å². The van der Waals surface area contributed by atoms with Crippen LogP contribution < -0.4 is 15.5 Å². The van der Waals surface area contributed by atoms with Crippen molar-refractivity contribution in [3.63, 3.8) is 0 Å². The summed E-state index contributed by atoms with van der Waals surface area (Å²) >= 11 is 0. The molecular weight excluding hydrogens is 294 g/mol. The predicted molar refractivity (Wildman–Crippen MR) is 85.0 cm³/mol. The molecule has 6 unspecified atom stereocenters. The molecule has 7 atom stereocenters. The van der Waals surface area contributed by atoms with Gasteiger partial charge < -0.3 is 24.4 Å². The zero-order valence-corrected chi connectivity index (χ0v) is 14.5. The van der Waals surface area contributed by atoms with E-state index in [0.29, 0.717) is 30.8 Å². The van der Waals surface area contributed by atoms with Crippen LogP contribution in [0.3, 0.4) is 0 Å². The number of ether oxygens (including phenoxy) is 3. The smallest absolute Gasteiger partial charge is 0.147 e. The number of hydrogen-bond donors (Lipinski definition) is 3. The molecular formula is C17H33N3O3+2. The van der Waals surface area contributed by atoms with Crippen LogP contribution in [0.15, 0.2) is 0 Å². The zero-order valence-electron chi connectivity index (χ0n) is 14.5. The minimum Gasteiger partial charge on any atom is -0.378 e. The maximum absolute atomic E-state index is 5.98. The molecule has 23 heavy (non-hydrogen) atoms. The van der Waals surface area contributed by atoms with Gasteiger partial charge in [0.1, 0.15) is 19.1 Å². The molecule has 0 bridgehead atoms. The molecule has 0 radical (unpaired) electrons. The maximum atomic E-state index is 5.98. The molecule has 0 aromatic heterocycles. The molecule has 4 aliphatic rings. The number of nitrogens with one attached hydrogen (secondary N) is 2. The van der Waals surface area contributed by atoms with Crippen molar-refractivity contribution in [2.75, 3.05) is 40.6 Å². The van der Waals surface area contributed by atoms with Gasteiger partial charge in [-0.3, -0.25) is 5.32 Å². The van der Waals surface area contributed by atoms with E-state index in [9.17, 15) is 0 Å². The van der Waals surface area contributed by atoms with Crippen LogP contribution in [0.2, 0.25) is 0 Å². The SMILES string of the molecule is COC1C2OCOC2CC2CC[NH+](C)[C@@H](NC3CC[NH2+]CC3)C21. The lowest BCUT2D eigenvalue weighted by molar-refractivity contribution is -0.922. The molecule has 0 aromatic rings. The van der Waals surface area contributed by atoms with E-state index in [1.54, 1.807) is 4.90 Å². The van der Waals surface area contributed by atoms with Crippen LogP contribution in [0.5, 0.6) is 0 Å².